The highest BCUT2D eigenvalue weighted by molar-refractivity contribution is 6.03. The van der Waals surface area contributed by atoms with Crippen LogP contribution < -0.4 is 20.6 Å². The quantitative estimate of drug-likeness (QED) is 0.427. The molecule has 0 saturated carbocycles. The van der Waals surface area contributed by atoms with Crippen molar-refractivity contribution in [1.82, 2.24) is 4.57 Å². The van der Waals surface area contributed by atoms with Gasteiger partial charge in [-0.05, 0) is 36.2 Å². The fourth-order valence-electron chi connectivity index (χ4n) is 3.43. The molecule has 2 aromatic carbocycles. The summed E-state index contributed by atoms with van der Waals surface area (Å²) in [6.45, 7) is 0.552. The number of nitrogens with one attached hydrogen (secondary N) is 1. The van der Waals surface area contributed by atoms with Crippen LogP contribution in [0.15, 0.2) is 63.9 Å². The van der Waals surface area contributed by atoms with Crippen molar-refractivity contribution < 1.29 is 13.9 Å². The standard InChI is InChI=1S/C22H20N2O4/c1-26-18-8-7-14(13-19(18)27-2)9-11-24-12-10-16-15-5-3-4-6-17(15)28-22(25)20(16)21(24)23/h3-8,10,12-13,23H,9,11H2,1-2H3. The Bertz CT molecular complexity index is 1290. The van der Waals surface area contributed by atoms with Gasteiger partial charge in [-0.2, -0.15) is 0 Å². The molecule has 4 rings (SSSR count). The summed E-state index contributed by atoms with van der Waals surface area (Å²) in [5.74, 6) is 1.34. The predicted octanol–water partition coefficient (Wildman–Crippen LogP) is 3.49. The van der Waals surface area contributed by atoms with Gasteiger partial charge in [0.2, 0.25) is 0 Å². The fraction of sp³-hybridized carbons (Fsp3) is 0.182. The molecule has 0 aliphatic rings. The molecule has 6 nitrogen and oxygen atoms in total. The highest BCUT2D eigenvalue weighted by atomic mass is 16.5. The monoisotopic (exact) mass is 376 g/mol. The predicted molar refractivity (Wildman–Crippen MR) is 107 cm³/mol. The minimum absolute atomic E-state index is 0.150. The van der Waals surface area contributed by atoms with Crippen molar-refractivity contribution >= 4 is 21.7 Å². The maximum Gasteiger partial charge on any atom is 0.347 e. The molecule has 0 atom stereocenters. The van der Waals surface area contributed by atoms with E-state index in [4.69, 9.17) is 19.3 Å². The van der Waals surface area contributed by atoms with Gasteiger partial charge in [-0.1, -0.05) is 24.3 Å². The van der Waals surface area contributed by atoms with E-state index < -0.39 is 5.63 Å². The first kappa shape index (κ1) is 17.9. The fourth-order valence-corrected chi connectivity index (χ4v) is 3.43. The maximum absolute atomic E-state index is 12.5. The van der Waals surface area contributed by atoms with Crippen LogP contribution >= 0.6 is 0 Å². The van der Waals surface area contributed by atoms with Crippen LogP contribution in [0, 0.1) is 5.41 Å². The van der Waals surface area contributed by atoms with Crippen LogP contribution in [0.25, 0.3) is 21.7 Å². The number of pyridine rings is 1. The van der Waals surface area contributed by atoms with Gasteiger partial charge < -0.3 is 18.5 Å². The number of aromatic nitrogens is 1. The third-order valence-corrected chi connectivity index (χ3v) is 4.89. The lowest BCUT2D eigenvalue weighted by molar-refractivity contribution is 0.354. The first-order valence-corrected chi connectivity index (χ1v) is 8.93. The number of fused-ring (bicyclic) bond motifs is 3. The van der Waals surface area contributed by atoms with Crippen LogP contribution in [0.4, 0.5) is 0 Å². The Kier molecular flexibility index (Phi) is 4.61. The van der Waals surface area contributed by atoms with Gasteiger partial charge in [-0.15, -0.1) is 0 Å². The van der Waals surface area contributed by atoms with Crippen LogP contribution in [0.5, 0.6) is 11.5 Å². The lowest BCUT2D eigenvalue weighted by atomic mass is 10.1. The van der Waals surface area contributed by atoms with Gasteiger partial charge in [-0.25, -0.2) is 4.79 Å². The summed E-state index contributed by atoms with van der Waals surface area (Å²) in [5, 5.41) is 10.4. The summed E-state index contributed by atoms with van der Waals surface area (Å²) in [7, 11) is 3.20. The molecule has 28 heavy (non-hydrogen) atoms. The van der Waals surface area contributed by atoms with E-state index >= 15 is 0 Å². The highest BCUT2D eigenvalue weighted by Gasteiger charge is 2.11. The Labute approximate surface area is 161 Å². The van der Waals surface area contributed by atoms with Gasteiger partial charge in [-0.3, -0.25) is 5.41 Å². The number of benzene rings is 2. The molecular weight excluding hydrogens is 356 g/mol. The Hall–Kier alpha value is -3.54. The molecule has 1 N–H and O–H groups in total. The lowest BCUT2D eigenvalue weighted by Gasteiger charge is -2.12. The molecule has 142 valence electrons. The van der Waals surface area contributed by atoms with E-state index in [0.717, 1.165) is 16.3 Å². The van der Waals surface area contributed by atoms with Crippen LogP contribution in [0.1, 0.15) is 5.56 Å². The molecule has 0 aliphatic carbocycles. The van der Waals surface area contributed by atoms with Gasteiger partial charge >= 0.3 is 5.63 Å². The summed E-state index contributed by atoms with van der Waals surface area (Å²) in [4.78, 5) is 12.5. The molecular formula is C22H20N2O4. The first-order valence-electron chi connectivity index (χ1n) is 8.93. The zero-order chi connectivity index (χ0) is 19.7. The second-order valence-corrected chi connectivity index (χ2v) is 6.47. The number of aryl methyl sites for hydroxylation is 2. The molecule has 0 fully saturated rings. The number of rotatable bonds is 5. The van der Waals surface area contributed by atoms with E-state index in [1.807, 2.05) is 48.7 Å². The first-order chi connectivity index (χ1) is 13.6. The van der Waals surface area contributed by atoms with Crippen molar-refractivity contribution in [2.24, 2.45) is 0 Å². The Morgan fingerprint density at radius 2 is 1.79 bits per heavy atom. The topological polar surface area (TPSA) is 77.5 Å². The minimum atomic E-state index is -0.487. The van der Waals surface area contributed by atoms with Crippen LogP contribution in [0.2, 0.25) is 0 Å². The van der Waals surface area contributed by atoms with Crippen LogP contribution in [-0.4, -0.2) is 18.8 Å². The highest BCUT2D eigenvalue weighted by Crippen LogP contribution is 2.28. The molecule has 4 aromatic rings. The minimum Gasteiger partial charge on any atom is -0.493 e. The second kappa shape index (κ2) is 7.23. The Morgan fingerprint density at radius 1 is 1.00 bits per heavy atom. The van der Waals surface area contributed by atoms with E-state index in [1.54, 1.807) is 24.9 Å². The molecule has 2 aromatic heterocycles. The molecule has 2 heterocycles. The maximum atomic E-state index is 12.5. The third-order valence-electron chi connectivity index (χ3n) is 4.89. The van der Waals surface area contributed by atoms with Crippen LogP contribution in [-0.2, 0) is 13.0 Å². The van der Waals surface area contributed by atoms with Gasteiger partial charge in [0.05, 0.1) is 14.2 Å². The smallest absolute Gasteiger partial charge is 0.347 e. The largest absolute Gasteiger partial charge is 0.493 e. The normalized spacial score (nSPS) is 11.1. The lowest BCUT2D eigenvalue weighted by Crippen LogP contribution is -2.25. The summed E-state index contributed by atoms with van der Waals surface area (Å²) in [6, 6.07) is 15.0. The molecule has 0 saturated heterocycles. The average Bonchev–Trinajstić information content (AvgIpc) is 2.72. The van der Waals surface area contributed by atoms with Gasteiger partial charge in [0.15, 0.2) is 11.5 Å². The van der Waals surface area contributed by atoms with Crippen molar-refractivity contribution in [3.63, 3.8) is 0 Å². The summed E-state index contributed by atoms with van der Waals surface area (Å²) in [5.41, 5.74) is 1.24. The number of hydrogen-bond donors (Lipinski definition) is 1. The summed E-state index contributed by atoms with van der Waals surface area (Å²) in [6.07, 6.45) is 2.53. The number of nitrogens with zero attached hydrogens (tertiary/aromatic N) is 1. The number of para-hydroxylation sites is 1. The summed E-state index contributed by atoms with van der Waals surface area (Å²) < 4.78 is 17.8. The zero-order valence-electron chi connectivity index (χ0n) is 15.7. The van der Waals surface area contributed by atoms with Crippen molar-refractivity contribution in [3.8, 4) is 11.5 Å². The second-order valence-electron chi connectivity index (χ2n) is 6.47. The number of ether oxygens (including phenoxy) is 2. The zero-order valence-corrected chi connectivity index (χ0v) is 15.7. The SMILES string of the molecule is COc1ccc(CCn2ccc3c(c(=O)oc4ccccc43)c2=N)cc1OC. The average molecular weight is 376 g/mol. The van der Waals surface area contributed by atoms with Gasteiger partial charge in [0.1, 0.15) is 16.5 Å². The molecule has 0 unspecified atom stereocenters. The molecule has 0 radical (unpaired) electrons. The van der Waals surface area contributed by atoms with E-state index in [2.05, 4.69) is 0 Å². The van der Waals surface area contributed by atoms with E-state index in [1.165, 1.54) is 0 Å². The number of methoxy groups -OCH3 is 2. The van der Waals surface area contributed by atoms with Crippen molar-refractivity contribution in [1.29, 1.82) is 5.41 Å². The van der Waals surface area contributed by atoms with Crippen molar-refractivity contribution in [2.45, 2.75) is 13.0 Å². The van der Waals surface area contributed by atoms with Crippen LogP contribution in [0.3, 0.4) is 0 Å². The van der Waals surface area contributed by atoms with E-state index in [9.17, 15) is 4.79 Å². The van der Waals surface area contributed by atoms with Crippen molar-refractivity contribution in [3.05, 3.63) is 76.2 Å². The summed E-state index contributed by atoms with van der Waals surface area (Å²) >= 11 is 0. The molecule has 0 spiro atoms. The van der Waals surface area contributed by atoms with E-state index in [0.29, 0.717) is 35.4 Å². The molecule has 0 aliphatic heterocycles. The molecule has 0 bridgehead atoms. The van der Waals surface area contributed by atoms with Gasteiger partial charge in [0.25, 0.3) is 0 Å². The Morgan fingerprint density at radius 3 is 2.57 bits per heavy atom. The number of hydrogen-bond acceptors (Lipinski definition) is 5. The van der Waals surface area contributed by atoms with Crippen molar-refractivity contribution in [2.75, 3.05) is 14.2 Å². The molecule has 0 amide bonds. The third kappa shape index (κ3) is 3.03. The van der Waals surface area contributed by atoms with E-state index in [-0.39, 0.29) is 5.49 Å². The molecule has 6 heteroatoms. The Balaban J connectivity index is 1.71. The van der Waals surface area contributed by atoms with Gasteiger partial charge in [0, 0.05) is 23.5 Å².